The molecule has 0 saturated carbocycles. The van der Waals surface area contributed by atoms with E-state index in [9.17, 15) is 9.18 Å². The Hall–Kier alpha value is -1.68. The van der Waals surface area contributed by atoms with Crippen LogP contribution in [0.15, 0.2) is 28.7 Å². The van der Waals surface area contributed by atoms with Gasteiger partial charge in [0.25, 0.3) is 0 Å². The second-order valence-electron chi connectivity index (χ2n) is 4.63. The Balaban J connectivity index is 1.85. The van der Waals surface area contributed by atoms with Crippen molar-refractivity contribution in [3.8, 4) is 0 Å². The molecule has 2 heterocycles. The van der Waals surface area contributed by atoms with Gasteiger partial charge in [0, 0.05) is 25.0 Å². The van der Waals surface area contributed by atoms with E-state index in [2.05, 4.69) is 0 Å². The second kappa shape index (κ2) is 4.53. The third kappa shape index (κ3) is 2.04. The molecule has 1 aromatic carbocycles. The number of para-hydroxylation sites is 1. The Labute approximate surface area is 104 Å². The van der Waals surface area contributed by atoms with Crippen molar-refractivity contribution < 1.29 is 18.3 Å². The van der Waals surface area contributed by atoms with E-state index in [1.54, 1.807) is 18.2 Å². The summed E-state index contributed by atoms with van der Waals surface area (Å²) in [6, 6.07) is 6.27. The van der Waals surface area contributed by atoms with Crippen molar-refractivity contribution in [2.75, 3.05) is 13.2 Å². The molecule has 2 aromatic rings. The first kappa shape index (κ1) is 11.4. The largest absolute Gasteiger partial charge is 0.450 e. The van der Waals surface area contributed by atoms with Gasteiger partial charge >= 0.3 is 0 Å². The number of rotatable bonds is 3. The maximum absolute atomic E-state index is 13.4. The first-order valence-electron chi connectivity index (χ1n) is 6.03. The standard InChI is InChI=1S/C14H13FO3/c15-11-3-1-2-10-7-13(18-14(10)11)12(16)6-9-4-5-17-8-9/h1-3,7,9H,4-6,8H2. The molecule has 1 aliphatic heterocycles. The number of Topliss-reactive ketones (excluding diaryl/α,β-unsaturated/α-hetero) is 1. The quantitative estimate of drug-likeness (QED) is 0.783. The van der Waals surface area contributed by atoms with Crippen molar-refractivity contribution in [3.05, 3.63) is 35.8 Å². The minimum Gasteiger partial charge on any atom is -0.450 e. The Morgan fingerprint density at radius 2 is 2.33 bits per heavy atom. The molecular formula is C14H13FO3. The van der Waals surface area contributed by atoms with Gasteiger partial charge in [-0.15, -0.1) is 0 Å². The van der Waals surface area contributed by atoms with Gasteiger partial charge in [-0.1, -0.05) is 12.1 Å². The second-order valence-corrected chi connectivity index (χ2v) is 4.63. The van der Waals surface area contributed by atoms with Gasteiger partial charge in [-0.25, -0.2) is 4.39 Å². The lowest BCUT2D eigenvalue weighted by Gasteiger charge is -2.03. The molecule has 3 rings (SSSR count). The van der Waals surface area contributed by atoms with Gasteiger partial charge < -0.3 is 9.15 Å². The van der Waals surface area contributed by atoms with Crippen molar-refractivity contribution in [3.63, 3.8) is 0 Å². The van der Waals surface area contributed by atoms with Crippen LogP contribution in [-0.2, 0) is 4.74 Å². The summed E-state index contributed by atoms with van der Waals surface area (Å²) in [6.07, 6.45) is 1.31. The van der Waals surface area contributed by atoms with Crippen molar-refractivity contribution in [1.29, 1.82) is 0 Å². The van der Waals surface area contributed by atoms with Gasteiger partial charge in [0.2, 0.25) is 0 Å². The van der Waals surface area contributed by atoms with Gasteiger partial charge in [-0.05, 0) is 24.5 Å². The fourth-order valence-electron chi connectivity index (χ4n) is 2.27. The van der Waals surface area contributed by atoms with Crippen LogP contribution in [0.5, 0.6) is 0 Å². The molecule has 1 unspecified atom stereocenters. The number of ether oxygens (including phenoxy) is 1. The van der Waals surface area contributed by atoms with Crippen LogP contribution in [0.3, 0.4) is 0 Å². The summed E-state index contributed by atoms with van der Waals surface area (Å²) in [7, 11) is 0. The third-order valence-corrected chi connectivity index (χ3v) is 3.27. The van der Waals surface area contributed by atoms with Gasteiger partial charge in [-0.2, -0.15) is 0 Å². The predicted molar refractivity (Wildman–Crippen MR) is 64.0 cm³/mol. The normalized spacial score (nSPS) is 19.5. The zero-order chi connectivity index (χ0) is 12.5. The molecular weight excluding hydrogens is 235 g/mol. The van der Waals surface area contributed by atoms with E-state index in [0.717, 1.165) is 6.42 Å². The first-order valence-corrected chi connectivity index (χ1v) is 6.03. The molecule has 1 saturated heterocycles. The summed E-state index contributed by atoms with van der Waals surface area (Å²) < 4.78 is 24.0. The summed E-state index contributed by atoms with van der Waals surface area (Å²) in [5, 5.41) is 0.626. The maximum Gasteiger partial charge on any atom is 0.198 e. The summed E-state index contributed by atoms with van der Waals surface area (Å²) in [6.45, 7) is 1.34. The van der Waals surface area contributed by atoms with Crippen LogP contribution >= 0.6 is 0 Å². The van der Waals surface area contributed by atoms with Crippen molar-refractivity contribution in [2.24, 2.45) is 5.92 Å². The molecule has 0 radical (unpaired) electrons. The summed E-state index contributed by atoms with van der Waals surface area (Å²) in [5.74, 6) is -0.0191. The average molecular weight is 248 g/mol. The number of fused-ring (bicyclic) bond motifs is 1. The highest BCUT2D eigenvalue weighted by Gasteiger charge is 2.22. The molecule has 1 aromatic heterocycles. The minimum absolute atomic E-state index is 0.0823. The molecule has 1 aliphatic rings. The lowest BCUT2D eigenvalue weighted by atomic mass is 10.0. The smallest absolute Gasteiger partial charge is 0.198 e. The monoisotopic (exact) mass is 248 g/mol. The number of carbonyl (C=O) groups is 1. The molecule has 94 valence electrons. The van der Waals surface area contributed by atoms with Crippen LogP contribution in [0.2, 0.25) is 0 Å². The highest BCUT2D eigenvalue weighted by molar-refractivity contribution is 5.97. The fraction of sp³-hybridized carbons (Fsp3) is 0.357. The maximum atomic E-state index is 13.4. The molecule has 0 spiro atoms. The van der Waals surface area contributed by atoms with E-state index in [0.29, 0.717) is 25.0 Å². The highest BCUT2D eigenvalue weighted by atomic mass is 19.1. The van der Waals surface area contributed by atoms with E-state index in [-0.39, 0.29) is 23.0 Å². The van der Waals surface area contributed by atoms with Crippen LogP contribution in [0.25, 0.3) is 11.0 Å². The predicted octanol–water partition coefficient (Wildman–Crippen LogP) is 3.18. The number of hydrogen-bond donors (Lipinski definition) is 0. The van der Waals surface area contributed by atoms with Crippen LogP contribution in [-0.4, -0.2) is 19.0 Å². The number of carbonyl (C=O) groups excluding carboxylic acids is 1. The zero-order valence-corrected chi connectivity index (χ0v) is 9.82. The SMILES string of the molecule is O=C(CC1CCOC1)c1cc2cccc(F)c2o1. The molecule has 0 bridgehead atoms. The van der Waals surface area contributed by atoms with E-state index in [1.807, 2.05) is 0 Å². The fourth-order valence-corrected chi connectivity index (χ4v) is 2.27. The average Bonchev–Trinajstić information content (AvgIpc) is 2.97. The number of hydrogen-bond acceptors (Lipinski definition) is 3. The van der Waals surface area contributed by atoms with E-state index >= 15 is 0 Å². The molecule has 18 heavy (non-hydrogen) atoms. The van der Waals surface area contributed by atoms with Crippen molar-refractivity contribution in [2.45, 2.75) is 12.8 Å². The summed E-state index contributed by atoms with van der Waals surface area (Å²) in [4.78, 5) is 12.0. The first-order chi connectivity index (χ1) is 8.74. The Kier molecular flexibility index (Phi) is 2.88. The summed E-state index contributed by atoms with van der Waals surface area (Å²) >= 11 is 0. The molecule has 3 nitrogen and oxygen atoms in total. The molecule has 0 N–H and O–H groups in total. The number of benzene rings is 1. The third-order valence-electron chi connectivity index (χ3n) is 3.27. The molecule has 0 amide bonds. The molecule has 1 fully saturated rings. The number of halogens is 1. The topological polar surface area (TPSA) is 39.4 Å². The molecule has 4 heteroatoms. The Morgan fingerprint density at radius 1 is 1.44 bits per heavy atom. The Morgan fingerprint density at radius 3 is 3.06 bits per heavy atom. The van der Waals surface area contributed by atoms with E-state index in [4.69, 9.17) is 9.15 Å². The van der Waals surface area contributed by atoms with Gasteiger partial charge in [0.05, 0.1) is 0 Å². The highest BCUT2D eigenvalue weighted by Crippen LogP contribution is 2.25. The van der Waals surface area contributed by atoms with Gasteiger partial charge in [-0.3, -0.25) is 4.79 Å². The van der Waals surface area contributed by atoms with Crippen LogP contribution < -0.4 is 0 Å². The van der Waals surface area contributed by atoms with Crippen LogP contribution in [0.4, 0.5) is 4.39 Å². The zero-order valence-electron chi connectivity index (χ0n) is 9.82. The molecule has 0 aliphatic carbocycles. The van der Waals surface area contributed by atoms with E-state index in [1.165, 1.54) is 6.07 Å². The lowest BCUT2D eigenvalue weighted by molar-refractivity contribution is 0.0927. The minimum atomic E-state index is -0.434. The Bertz CT molecular complexity index is 582. The van der Waals surface area contributed by atoms with E-state index < -0.39 is 5.82 Å². The molecule has 1 atom stereocenters. The van der Waals surface area contributed by atoms with Crippen molar-refractivity contribution in [1.82, 2.24) is 0 Å². The van der Waals surface area contributed by atoms with Gasteiger partial charge in [0.1, 0.15) is 0 Å². The lowest BCUT2D eigenvalue weighted by Crippen LogP contribution is -2.07. The number of ketones is 1. The number of furan rings is 1. The summed E-state index contributed by atoms with van der Waals surface area (Å²) in [5.41, 5.74) is 0.156. The van der Waals surface area contributed by atoms with Crippen LogP contribution in [0, 0.1) is 11.7 Å². The van der Waals surface area contributed by atoms with Crippen molar-refractivity contribution >= 4 is 16.8 Å². The van der Waals surface area contributed by atoms with Crippen LogP contribution in [0.1, 0.15) is 23.4 Å². The van der Waals surface area contributed by atoms with Gasteiger partial charge in [0.15, 0.2) is 22.9 Å².